The molecule has 2 atom stereocenters. The van der Waals surface area contributed by atoms with Gasteiger partial charge in [-0.05, 0) is 53.0 Å². The third-order valence-corrected chi connectivity index (χ3v) is 4.89. The number of aromatic hydroxyl groups is 1. The lowest BCUT2D eigenvalue weighted by Crippen LogP contribution is -2.52. The van der Waals surface area contributed by atoms with Crippen molar-refractivity contribution in [3.05, 3.63) is 29.8 Å². The van der Waals surface area contributed by atoms with Gasteiger partial charge in [0.15, 0.2) is 0 Å². The number of nitrogens with zero attached hydrogens (tertiary/aromatic N) is 1. The molecule has 3 amide bonds. The highest BCUT2D eigenvalue weighted by Crippen LogP contribution is 2.38. The number of alkyl carbamates (subject to hydrolysis) is 1. The largest absolute Gasteiger partial charge is 0.508 e. The first-order valence-electron chi connectivity index (χ1n) is 10.9. The number of carbonyl (C=O) groups is 3. The van der Waals surface area contributed by atoms with E-state index < -0.39 is 29.7 Å². The normalized spacial score (nSPS) is 15.5. The molecule has 31 heavy (non-hydrogen) atoms. The standard InChI is InChI=1S/C23H35N3O5/c1-6-7-14-24-20(28)19(17-10-8-9-11-18(17)27)26(16-12-13-16)21(29)15(2)25-22(30)31-23(3,4)5/h8-11,15-16,19,27H,6-7,12-14H2,1-5H3,(H,24,28)(H,25,30). The lowest BCUT2D eigenvalue weighted by molar-refractivity contribution is -0.143. The quantitative estimate of drug-likeness (QED) is 0.518. The van der Waals surface area contributed by atoms with Crippen molar-refractivity contribution in [1.29, 1.82) is 0 Å². The monoisotopic (exact) mass is 433 g/mol. The summed E-state index contributed by atoms with van der Waals surface area (Å²) in [6.07, 6.45) is 2.56. The van der Waals surface area contributed by atoms with E-state index in [0.29, 0.717) is 12.1 Å². The molecule has 8 nitrogen and oxygen atoms in total. The van der Waals surface area contributed by atoms with E-state index in [1.807, 2.05) is 6.92 Å². The molecule has 1 aromatic rings. The van der Waals surface area contributed by atoms with Gasteiger partial charge in [0.25, 0.3) is 0 Å². The molecule has 0 saturated heterocycles. The Balaban J connectivity index is 2.29. The van der Waals surface area contributed by atoms with Crippen molar-refractivity contribution in [1.82, 2.24) is 15.5 Å². The number of hydrogen-bond acceptors (Lipinski definition) is 5. The predicted molar refractivity (Wildman–Crippen MR) is 117 cm³/mol. The molecule has 8 heteroatoms. The third kappa shape index (κ3) is 7.15. The zero-order valence-corrected chi connectivity index (χ0v) is 19.1. The molecule has 1 fully saturated rings. The van der Waals surface area contributed by atoms with E-state index in [1.54, 1.807) is 45.9 Å². The number of hydrogen-bond donors (Lipinski definition) is 3. The third-order valence-electron chi connectivity index (χ3n) is 4.89. The second kappa shape index (κ2) is 10.5. The van der Waals surface area contributed by atoms with Crippen LogP contribution in [-0.2, 0) is 14.3 Å². The Morgan fingerprint density at radius 2 is 1.87 bits per heavy atom. The maximum atomic E-state index is 13.4. The maximum Gasteiger partial charge on any atom is 0.408 e. The summed E-state index contributed by atoms with van der Waals surface area (Å²) in [5, 5.41) is 15.9. The molecule has 172 valence electrons. The van der Waals surface area contributed by atoms with Gasteiger partial charge in [0.2, 0.25) is 11.8 Å². The van der Waals surface area contributed by atoms with Gasteiger partial charge in [-0.1, -0.05) is 31.5 Å². The smallest absolute Gasteiger partial charge is 0.408 e. The lowest BCUT2D eigenvalue weighted by atomic mass is 10.0. The minimum absolute atomic E-state index is 0.0515. The van der Waals surface area contributed by atoms with E-state index in [4.69, 9.17) is 4.74 Å². The SMILES string of the molecule is CCCCNC(=O)C(c1ccccc1O)N(C(=O)C(C)NC(=O)OC(C)(C)C)C1CC1. The number of amides is 3. The zero-order valence-electron chi connectivity index (χ0n) is 19.1. The van der Waals surface area contributed by atoms with Crippen LogP contribution in [0, 0.1) is 0 Å². The zero-order chi connectivity index (χ0) is 23.2. The Kier molecular flexibility index (Phi) is 8.30. The van der Waals surface area contributed by atoms with E-state index >= 15 is 0 Å². The fourth-order valence-corrected chi connectivity index (χ4v) is 3.26. The number of unbranched alkanes of at least 4 members (excludes halogenated alkanes) is 1. The maximum absolute atomic E-state index is 13.4. The van der Waals surface area contributed by atoms with Gasteiger partial charge in [0.1, 0.15) is 23.4 Å². The van der Waals surface area contributed by atoms with Crippen LogP contribution >= 0.6 is 0 Å². The first-order valence-corrected chi connectivity index (χ1v) is 10.9. The predicted octanol–water partition coefficient (Wildman–Crippen LogP) is 3.25. The van der Waals surface area contributed by atoms with E-state index in [9.17, 15) is 19.5 Å². The molecule has 2 unspecified atom stereocenters. The topological polar surface area (TPSA) is 108 Å². The van der Waals surface area contributed by atoms with Crippen LogP contribution in [0.25, 0.3) is 0 Å². The van der Waals surface area contributed by atoms with Crippen molar-refractivity contribution in [2.45, 2.75) is 84.0 Å². The van der Waals surface area contributed by atoms with Crippen molar-refractivity contribution in [2.24, 2.45) is 0 Å². The Bertz CT molecular complexity index is 786. The summed E-state index contributed by atoms with van der Waals surface area (Å²) < 4.78 is 5.25. The molecule has 1 saturated carbocycles. The van der Waals surface area contributed by atoms with Crippen molar-refractivity contribution >= 4 is 17.9 Å². The number of ether oxygens (including phenoxy) is 1. The minimum atomic E-state index is -0.985. The van der Waals surface area contributed by atoms with Crippen LogP contribution in [0.3, 0.4) is 0 Å². The molecule has 0 aliphatic heterocycles. The number of phenolic OH excluding ortho intramolecular Hbond substituents is 1. The van der Waals surface area contributed by atoms with Gasteiger partial charge in [-0.2, -0.15) is 0 Å². The van der Waals surface area contributed by atoms with Gasteiger partial charge >= 0.3 is 6.09 Å². The fourth-order valence-electron chi connectivity index (χ4n) is 3.26. The number of carbonyl (C=O) groups excluding carboxylic acids is 3. The van der Waals surface area contributed by atoms with E-state index in [2.05, 4.69) is 10.6 Å². The molecule has 0 aromatic heterocycles. The summed E-state index contributed by atoms with van der Waals surface area (Å²) >= 11 is 0. The van der Waals surface area contributed by atoms with Crippen LogP contribution in [-0.4, -0.2) is 52.1 Å². The highest BCUT2D eigenvalue weighted by molar-refractivity contribution is 5.92. The summed E-state index contributed by atoms with van der Waals surface area (Å²) in [5.41, 5.74) is -0.332. The molecular weight excluding hydrogens is 398 g/mol. The molecule has 1 aliphatic rings. The molecule has 0 heterocycles. The van der Waals surface area contributed by atoms with E-state index in [0.717, 1.165) is 25.7 Å². The van der Waals surface area contributed by atoms with Gasteiger partial charge < -0.3 is 25.4 Å². The van der Waals surface area contributed by atoms with Gasteiger partial charge in [-0.3, -0.25) is 9.59 Å². The van der Waals surface area contributed by atoms with Gasteiger partial charge in [0, 0.05) is 18.2 Å². The molecule has 0 spiro atoms. The fraction of sp³-hybridized carbons (Fsp3) is 0.609. The Morgan fingerprint density at radius 1 is 1.23 bits per heavy atom. The highest BCUT2D eigenvalue weighted by Gasteiger charge is 2.43. The van der Waals surface area contributed by atoms with Crippen LogP contribution in [0.2, 0.25) is 0 Å². The minimum Gasteiger partial charge on any atom is -0.508 e. The van der Waals surface area contributed by atoms with Crippen molar-refractivity contribution in [3.8, 4) is 5.75 Å². The Morgan fingerprint density at radius 3 is 2.42 bits per heavy atom. The molecule has 2 rings (SSSR count). The average molecular weight is 434 g/mol. The van der Waals surface area contributed by atoms with Crippen LogP contribution in [0.4, 0.5) is 4.79 Å². The molecular formula is C23H35N3O5. The molecule has 1 aliphatic carbocycles. The molecule has 3 N–H and O–H groups in total. The number of para-hydroxylation sites is 1. The van der Waals surface area contributed by atoms with Crippen molar-refractivity contribution < 1.29 is 24.2 Å². The van der Waals surface area contributed by atoms with Gasteiger partial charge in [-0.15, -0.1) is 0 Å². The molecule has 0 radical (unpaired) electrons. The van der Waals surface area contributed by atoms with Crippen LogP contribution in [0.15, 0.2) is 24.3 Å². The summed E-state index contributed by atoms with van der Waals surface area (Å²) in [5.74, 6) is -0.795. The summed E-state index contributed by atoms with van der Waals surface area (Å²) in [7, 11) is 0. The van der Waals surface area contributed by atoms with Gasteiger partial charge in [0.05, 0.1) is 0 Å². The summed E-state index contributed by atoms with van der Waals surface area (Å²) in [4.78, 5) is 40.2. The average Bonchev–Trinajstić information content (AvgIpc) is 3.49. The summed E-state index contributed by atoms with van der Waals surface area (Å²) in [6.45, 7) is 9.30. The lowest BCUT2D eigenvalue weighted by Gasteiger charge is -2.34. The highest BCUT2D eigenvalue weighted by atomic mass is 16.6. The van der Waals surface area contributed by atoms with E-state index in [1.165, 1.54) is 11.0 Å². The van der Waals surface area contributed by atoms with Crippen LogP contribution in [0.5, 0.6) is 5.75 Å². The first kappa shape index (κ1) is 24.5. The Labute approximate surface area is 184 Å². The number of rotatable bonds is 9. The van der Waals surface area contributed by atoms with Crippen molar-refractivity contribution in [3.63, 3.8) is 0 Å². The summed E-state index contributed by atoms with van der Waals surface area (Å²) in [6, 6.07) is 4.53. The Hall–Kier alpha value is -2.77. The number of phenols is 1. The molecule has 0 bridgehead atoms. The van der Waals surface area contributed by atoms with E-state index in [-0.39, 0.29) is 17.7 Å². The van der Waals surface area contributed by atoms with Crippen LogP contribution < -0.4 is 10.6 Å². The number of nitrogens with one attached hydrogen (secondary N) is 2. The molecule has 1 aromatic carbocycles. The van der Waals surface area contributed by atoms with Crippen molar-refractivity contribution in [2.75, 3.05) is 6.54 Å². The number of benzene rings is 1. The first-order chi connectivity index (χ1) is 14.5. The second-order valence-corrected chi connectivity index (χ2v) is 8.95. The second-order valence-electron chi connectivity index (χ2n) is 8.95. The van der Waals surface area contributed by atoms with Crippen LogP contribution in [0.1, 0.15) is 71.9 Å². The van der Waals surface area contributed by atoms with Gasteiger partial charge in [-0.25, -0.2) is 4.79 Å².